The summed E-state index contributed by atoms with van der Waals surface area (Å²) < 4.78 is 45.8. The van der Waals surface area contributed by atoms with Crippen molar-refractivity contribution >= 4 is 21.8 Å². The van der Waals surface area contributed by atoms with Crippen molar-refractivity contribution in [2.24, 2.45) is 0 Å². The Hall–Kier alpha value is -1.31. The van der Waals surface area contributed by atoms with Gasteiger partial charge in [-0.1, -0.05) is 0 Å². The van der Waals surface area contributed by atoms with Gasteiger partial charge in [-0.25, -0.2) is 12.8 Å². The van der Waals surface area contributed by atoms with Crippen molar-refractivity contribution in [1.29, 1.82) is 0 Å². The molecule has 1 aliphatic heterocycles. The molecule has 1 aliphatic rings. The van der Waals surface area contributed by atoms with E-state index in [4.69, 9.17) is 4.42 Å². The molecule has 0 radical (unpaired) electrons. The fourth-order valence-electron chi connectivity index (χ4n) is 2.73. The van der Waals surface area contributed by atoms with E-state index in [-0.39, 0.29) is 10.1 Å². The Morgan fingerprint density at radius 3 is 2.83 bits per heavy atom. The number of benzene rings is 1. The minimum Gasteiger partial charge on any atom is -0.468 e. The van der Waals surface area contributed by atoms with Crippen LogP contribution in [-0.2, 0) is 10.0 Å². The predicted octanol–water partition coefficient (Wildman–Crippen LogP) is 3.60. The van der Waals surface area contributed by atoms with Gasteiger partial charge in [-0.15, -0.1) is 11.8 Å². The molecule has 0 bridgehead atoms. The van der Waals surface area contributed by atoms with E-state index in [1.807, 2.05) is 12.1 Å². The van der Waals surface area contributed by atoms with Crippen molar-refractivity contribution in [2.75, 3.05) is 18.8 Å². The number of aryl methyl sites for hydroxylation is 1. The third-order valence-electron chi connectivity index (χ3n) is 3.92. The van der Waals surface area contributed by atoms with Crippen LogP contribution < -0.4 is 0 Å². The molecule has 0 N–H and O–H groups in total. The Labute approximate surface area is 139 Å². The van der Waals surface area contributed by atoms with Crippen molar-refractivity contribution in [3.8, 4) is 0 Å². The lowest BCUT2D eigenvalue weighted by molar-refractivity contribution is 0.417. The quantitative estimate of drug-likeness (QED) is 0.844. The highest BCUT2D eigenvalue weighted by atomic mass is 32.2. The Morgan fingerprint density at radius 2 is 2.13 bits per heavy atom. The normalized spacial score (nSPS) is 20.3. The van der Waals surface area contributed by atoms with Gasteiger partial charge in [-0.2, -0.15) is 4.31 Å². The fraction of sp³-hybridized carbons (Fsp3) is 0.375. The second kappa shape index (κ2) is 6.67. The maximum atomic E-state index is 13.2. The molecule has 1 fully saturated rings. The van der Waals surface area contributed by atoms with Gasteiger partial charge in [0.25, 0.3) is 0 Å². The van der Waals surface area contributed by atoms with Gasteiger partial charge in [0.1, 0.15) is 11.6 Å². The van der Waals surface area contributed by atoms with Crippen molar-refractivity contribution in [1.82, 2.24) is 4.31 Å². The van der Waals surface area contributed by atoms with Crippen LogP contribution in [0.3, 0.4) is 0 Å². The zero-order valence-corrected chi connectivity index (χ0v) is 14.4. The molecule has 0 amide bonds. The summed E-state index contributed by atoms with van der Waals surface area (Å²) in [5.74, 6) is 1.16. The van der Waals surface area contributed by atoms with E-state index in [0.717, 1.165) is 5.76 Å². The lowest BCUT2D eigenvalue weighted by atomic mass is 10.2. The van der Waals surface area contributed by atoms with Gasteiger partial charge in [0.2, 0.25) is 10.0 Å². The molecule has 1 aromatic carbocycles. The molecule has 124 valence electrons. The van der Waals surface area contributed by atoms with E-state index in [1.54, 1.807) is 24.9 Å². The zero-order chi connectivity index (χ0) is 16.4. The van der Waals surface area contributed by atoms with Crippen molar-refractivity contribution < 1.29 is 17.2 Å². The molecule has 7 heteroatoms. The number of rotatable bonds is 3. The topological polar surface area (TPSA) is 50.5 Å². The van der Waals surface area contributed by atoms with E-state index in [2.05, 4.69) is 0 Å². The summed E-state index contributed by atoms with van der Waals surface area (Å²) in [7, 11) is -3.60. The van der Waals surface area contributed by atoms with E-state index < -0.39 is 15.8 Å². The highest BCUT2D eigenvalue weighted by Crippen LogP contribution is 2.36. The van der Waals surface area contributed by atoms with E-state index in [9.17, 15) is 12.8 Å². The predicted molar refractivity (Wildman–Crippen MR) is 88.4 cm³/mol. The first kappa shape index (κ1) is 16.5. The van der Waals surface area contributed by atoms with E-state index >= 15 is 0 Å². The molecule has 4 nitrogen and oxygen atoms in total. The van der Waals surface area contributed by atoms with Gasteiger partial charge in [0.05, 0.1) is 16.4 Å². The minimum atomic E-state index is -3.60. The number of halogens is 1. The SMILES string of the molecule is Cc1cc(F)ccc1S(=O)(=O)N1CCSC(c2ccco2)CC1. The Kier molecular flexibility index (Phi) is 4.79. The van der Waals surface area contributed by atoms with Crippen molar-refractivity contribution in [3.05, 3.63) is 53.7 Å². The zero-order valence-electron chi connectivity index (χ0n) is 12.7. The second-order valence-electron chi connectivity index (χ2n) is 5.48. The molecule has 3 rings (SSSR count). The highest BCUT2D eigenvalue weighted by Gasteiger charge is 2.30. The van der Waals surface area contributed by atoms with Gasteiger partial charge in [0.15, 0.2) is 0 Å². The number of hydrogen-bond acceptors (Lipinski definition) is 4. The maximum absolute atomic E-state index is 13.2. The third-order valence-corrected chi connectivity index (χ3v) is 7.26. The van der Waals surface area contributed by atoms with Crippen LogP contribution in [0, 0.1) is 12.7 Å². The van der Waals surface area contributed by atoms with Crippen LogP contribution >= 0.6 is 11.8 Å². The van der Waals surface area contributed by atoms with Crippen molar-refractivity contribution in [2.45, 2.75) is 23.5 Å². The van der Waals surface area contributed by atoms with Gasteiger partial charge in [-0.3, -0.25) is 0 Å². The van der Waals surface area contributed by atoms with Crippen LogP contribution in [0.4, 0.5) is 4.39 Å². The highest BCUT2D eigenvalue weighted by molar-refractivity contribution is 7.99. The average Bonchev–Trinajstić information content (AvgIpc) is 2.91. The minimum absolute atomic E-state index is 0.166. The number of nitrogens with zero attached hydrogens (tertiary/aromatic N) is 1. The summed E-state index contributed by atoms with van der Waals surface area (Å²) >= 11 is 1.70. The summed E-state index contributed by atoms with van der Waals surface area (Å²) in [6.45, 7) is 2.49. The number of sulfonamides is 1. The Balaban J connectivity index is 1.81. The lowest BCUT2D eigenvalue weighted by Crippen LogP contribution is -2.33. The van der Waals surface area contributed by atoms with Gasteiger partial charge in [-0.05, 0) is 49.2 Å². The van der Waals surface area contributed by atoms with Crippen LogP contribution in [0.5, 0.6) is 0 Å². The van der Waals surface area contributed by atoms with Crippen LogP contribution in [0.2, 0.25) is 0 Å². The fourth-order valence-corrected chi connectivity index (χ4v) is 5.69. The van der Waals surface area contributed by atoms with Gasteiger partial charge < -0.3 is 4.42 Å². The first-order chi connectivity index (χ1) is 11.0. The second-order valence-corrected chi connectivity index (χ2v) is 8.69. The number of hydrogen-bond donors (Lipinski definition) is 0. The third kappa shape index (κ3) is 3.46. The van der Waals surface area contributed by atoms with Crippen molar-refractivity contribution in [3.63, 3.8) is 0 Å². The maximum Gasteiger partial charge on any atom is 0.243 e. The first-order valence-corrected chi connectivity index (χ1v) is 9.88. The van der Waals surface area contributed by atoms with Gasteiger partial charge >= 0.3 is 0 Å². The Bertz CT molecular complexity index is 775. The lowest BCUT2D eigenvalue weighted by Gasteiger charge is -2.21. The summed E-state index contributed by atoms with van der Waals surface area (Å²) in [4.78, 5) is 0.181. The van der Waals surface area contributed by atoms with Crippen LogP contribution in [0.1, 0.15) is 23.0 Å². The molecular formula is C16H18FNO3S2. The summed E-state index contributed by atoms with van der Waals surface area (Å²) in [6, 6.07) is 7.56. The smallest absolute Gasteiger partial charge is 0.243 e. The largest absolute Gasteiger partial charge is 0.468 e. The molecule has 2 heterocycles. The molecule has 1 saturated heterocycles. The average molecular weight is 355 g/mol. The number of furan rings is 1. The molecule has 0 spiro atoms. The Morgan fingerprint density at radius 1 is 1.30 bits per heavy atom. The molecule has 2 aromatic rings. The van der Waals surface area contributed by atoms with Crippen LogP contribution in [0.15, 0.2) is 45.9 Å². The summed E-state index contributed by atoms with van der Waals surface area (Å²) in [5.41, 5.74) is 0.435. The van der Waals surface area contributed by atoms with E-state index in [0.29, 0.717) is 30.8 Å². The molecule has 0 aliphatic carbocycles. The number of thioether (sulfide) groups is 1. The monoisotopic (exact) mass is 355 g/mol. The molecule has 0 saturated carbocycles. The molecule has 1 atom stereocenters. The molecule has 1 aromatic heterocycles. The van der Waals surface area contributed by atoms with Crippen LogP contribution in [-0.4, -0.2) is 31.6 Å². The molecular weight excluding hydrogens is 337 g/mol. The van der Waals surface area contributed by atoms with E-state index in [1.165, 1.54) is 22.5 Å². The molecule has 1 unspecified atom stereocenters. The summed E-state index contributed by atoms with van der Waals surface area (Å²) in [6.07, 6.45) is 2.33. The van der Waals surface area contributed by atoms with Gasteiger partial charge in [0, 0.05) is 18.8 Å². The van der Waals surface area contributed by atoms with Crippen LogP contribution in [0.25, 0.3) is 0 Å². The standard InChI is InChI=1S/C16H18FNO3S2/c1-12-11-13(17)4-5-16(12)23(19,20)18-7-6-15(22-10-8-18)14-3-2-9-21-14/h2-5,9,11,15H,6-8,10H2,1H3. The first-order valence-electron chi connectivity index (χ1n) is 7.40. The molecule has 23 heavy (non-hydrogen) atoms. The summed E-state index contributed by atoms with van der Waals surface area (Å²) in [5, 5.41) is 0.166.